The molecule has 0 aliphatic carbocycles. The monoisotopic (exact) mass is 310 g/mol. The molecule has 1 unspecified atom stereocenters. The van der Waals surface area contributed by atoms with Gasteiger partial charge in [0.05, 0.1) is 7.11 Å². The third kappa shape index (κ3) is 3.59. The number of methoxy groups -OCH3 is 1. The highest BCUT2D eigenvalue weighted by Crippen LogP contribution is 2.35. The molecule has 114 valence electrons. The number of rotatable bonds is 3. The SMILES string of the molecule is COc1ccccc1C(O)(C#C[Si](C)(C)C)c1ccccc1. The van der Waals surface area contributed by atoms with E-state index < -0.39 is 13.7 Å². The lowest BCUT2D eigenvalue weighted by Crippen LogP contribution is -2.28. The fourth-order valence-corrected chi connectivity index (χ4v) is 2.75. The number of aliphatic hydroxyl groups is 1. The molecule has 1 atom stereocenters. The van der Waals surface area contributed by atoms with E-state index in [1.54, 1.807) is 7.11 Å². The summed E-state index contributed by atoms with van der Waals surface area (Å²) in [4.78, 5) is 0. The van der Waals surface area contributed by atoms with Crippen molar-refractivity contribution in [3.63, 3.8) is 0 Å². The molecule has 0 saturated carbocycles. The molecule has 0 amide bonds. The maximum absolute atomic E-state index is 11.4. The number of para-hydroxylation sites is 1. The zero-order valence-corrected chi connectivity index (χ0v) is 14.6. The van der Waals surface area contributed by atoms with Gasteiger partial charge in [-0.1, -0.05) is 74.1 Å². The average molecular weight is 310 g/mol. The van der Waals surface area contributed by atoms with Gasteiger partial charge in [0.1, 0.15) is 13.8 Å². The van der Waals surface area contributed by atoms with Gasteiger partial charge in [0.15, 0.2) is 5.60 Å². The molecule has 0 fully saturated rings. The summed E-state index contributed by atoms with van der Waals surface area (Å²) in [6.45, 7) is 6.48. The zero-order valence-electron chi connectivity index (χ0n) is 13.6. The predicted octanol–water partition coefficient (Wildman–Crippen LogP) is 3.81. The van der Waals surface area contributed by atoms with E-state index in [2.05, 4.69) is 31.1 Å². The molecule has 2 nitrogen and oxygen atoms in total. The van der Waals surface area contributed by atoms with Crippen molar-refractivity contribution in [1.29, 1.82) is 0 Å². The summed E-state index contributed by atoms with van der Waals surface area (Å²) in [6, 6.07) is 17.0. The molecular weight excluding hydrogens is 288 g/mol. The molecule has 3 heteroatoms. The van der Waals surface area contributed by atoms with Gasteiger partial charge in [-0.2, -0.15) is 0 Å². The second-order valence-electron chi connectivity index (χ2n) is 6.28. The van der Waals surface area contributed by atoms with Crippen LogP contribution in [0.2, 0.25) is 19.6 Å². The molecule has 0 spiro atoms. The van der Waals surface area contributed by atoms with Gasteiger partial charge >= 0.3 is 0 Å². The molecule has 2 rings (SSSR count). The van der Waals surface area contributed by atoms with Crippen LogP contribution in [0, 0.1) is 11.5 Å². The van der Waals surface area contributed by atoms with Gasteiger partial charge in [-0.3, -0.25) is 0 Å². The lowest BCUT2D eigenvalue weighted by Gasteiger charge is -2.26. The normalized spacial score (nSPS) is 13.7. The van der Waals surface area contributed by atoms with Crippen LogP contribution in [0.15, 0.2) is 54.6 Å². The summed E-state index contributed by atoms with van der Waals surface area (Å²) in [5.74, 6) is 3.77. The van der Waals surface area contributed by atoms with Gasteiger partial charge < -0.3 is 9.84 Å². The number of hydrogen-bond acceptors (Lipinski definition) is 2. The van der Waals surface area contributed by atoms with Crippen molar-refractivity contribution >= 4 is 8.07 Å². The highest BCUT2D eigenvalue weighted by molar-refractivity contribution is 6.83. The van der Waals surface area contributed by atoms with E-state index in [9.17, 15) is 5.11 Å². The van der Waals surface area contributed by atoms with Crippen LogP contribution < -0.4 is 4.74 Å². The van der Waals surface area contributed by atoms with E-state index in [1.807, 2.05) is 54.6 Å². The van der Waals surface area contributed by atoms with Crippen LogP contribution in [0.3, 0.4) is 0 Å². The van der Waals surface area contributed by atoms with Gasteiger partial charge in [-0.25, -0.2) is 0 Å². The van der Waals surface area contributed by atoms with Crippen molar-refractivity contribution < 1.29 is 9.84 Å². The molecule has 1 N–H and O–H groups in total. The topological polar surface area (TPSA) is 29.5 Å². The Labute approximate surface area is 133 Å². The van der Waals surface area contributed by atoms with Crippen molar-refractivity contribution in [1.82, 2.24) is 0 Å². The van der Waals surface area contributed by atoms with E-state index in [0.29, 0.717) is 11.3 Å². The molecule has 22 heavy (non-hydrogen) atoms. The standard InChI is InChI=1S/C19H22O2Si/c1-21-18-13-9-8-12-17(18)19(20,14-15-22(2,3)4)16-10-6-5-7-11-16/h5-13,20H,1-4H3. The van der Waals surface area contributed by atoms with Crippen LogP contribution in [0.5, 0.6) is 5.75 Å². The second kappa shape index (κ2) is 6.39. The molecule has 0 heterocycles. The van der Waals surface area contributed by atoms with Gasteiger partial charge in [-0.05, 0) is 6.07 Å². The first-order chi connectivity index (χ1) is 10.4. The fraction of sp³-hybridized carbons (Fsp3) is 0.263. The lowest BCUT2D eigenvalue weighted by molar-refractivity contribution is 0.141. The zero-order chi connectivity index (χ0) is 16.2. The van der Waals surface area contributed by atoms with E-state index >= 15 is 0 Å². The van der Waals surface area contributed by atoms with Crippen LogP contribution in [0.1, 0.15) is 11.1 Å². The Morgan fingerprint density at radius 1 is 0.955 bits per heavy atom. The first-order valence-corrected chi connectivity index (χ1v) is 10.8. The third-order valence-corrected chi connectivity index (χ3v) is 4.18. The van der Waals surface area contributed by atoms with Gasteiger partial charge in [0, 0.05) is 11.1 Å². The summed E-state index contributed by atoms with van der Waals surface area (Å²) in [5, 5.41) is 11.4. The summed E-state index contributed by atoms with van der Waals surface area (Å²) in [7, 11) is -0.0150. The van der Waals surface area contributed by atoms with Crippen LogP contribution in [0.4, 0.5) is 0 Å². The van der Waals surface area contributed by atoms with E-state index in [1.165, 1.54) is 0 Å². The Kier molecular flexibility index (Phi) is 4.75. The van der Waals surface area contributed by atoms with Crippen molar-refractivity contribution in [3.8, 4) is 17.2 Å². The van der Waals surface area contributed by atoms with E-state index in [0.717, 1.165) is 5.56 Å². The molecule has 2 aromatic rings. The Balaban J connectivity index is 2.67. The molecule has 0 aliphatic heterocycles. The summed E-state index contributed by atoms with van der Waals surface area (Å²) >= 11 is 0. The van der Waals surface area contributed by atoms with Gasteiger partial charge in [0.2, 0.25) is 0 Å². The summed E-state index contributed by atoms with van der Waals surface area (Å²) < 4.78 is 5.43. The van der Waals surface area contributed by atoms with Crippen LogP contribution in [-0.4, -0.2) is 20.3 Å². The molecular formula is C19H22O2Si. The Bertz CT molecular complexity index is 693. The van der Waals surface area contributed by atoms with Crippen molar-refractivity contribution in [3.05, 3.63) is 65.7 Å². The molecule has 0 saturated heterocycles. The van der Waals surface area contributed by atoms with Gasteiger partial charge in [0.25, 0.3) is 0 Å². The van der Waals surface area contributed by atoms with Crippen molar-refractivity contribution in [2.45, 2.75) is 25.2 Å². The Morgan fingerprint density at radius 2 is 1.55 bits per heavy atom. The average Bonchev–Trinajstić information content (AvgIpc) is 2.52. The summed E-state index contributed by atoms with van der Waals surface area (Å²) in [5.41, 5.74) is 3.36. The smallest absolute Gasteiger partial charge is 0.179 e. The lowest BCUT2D eigenvalue weighted by atomic mass is 9.86. The van der Waals surface area contributed by atoms with Crippen molar-refractivity contribution in [2.24, 2.45) is 0 Å². The minimum absolute atomic E-state index is 0.638. The van der Waals surface area contributed by atoms with Crippen LogP contribution >= 0.6 is 0 Å². The molecule has 0 bridgehead atoms. The quantitative estimate of drug-likeness (QED) is 0.690. The number of ether oxygens (including phenoxy) is 1. The minimum atomic E-state index is -1.62. The first kappa shape index (κ1) is 16.3. The van der Waals surface area contributed by atoms with E-state index in [4.69, 9.17) is 4.74 Å². The molecule has 0 aromatic heterocycles. The summed E-state index contributed by atoms with van der Waals surface area (Å²) in [6.07, 6.45) is 0. The molecule has 2 aromatic carbocycles. The number of benzene rings is 2. The van der Waals surface area contributed by atoms with Gasteiger partial charge in [-0.15, -0.1) is 5.54 Å². The fourth-order valence-electron chi connectivity index (χ4n) is 2.20. The predicted molar refractivity (Wildman–Crippen MR) is 93.6 cm³/mol. The third-order valence-electron chi connectivity index (χ3n) is 3.31. The van der Waals surface area contributed by atoms with E-state index in [-0.39, 0.29) is 0 Å². The minimum Gasteiger partial charge on any atom is -0.496 e. The molecule has 0 radical (unpaired) electrons. The highest BCUT2D eigenvalue weighted by atomic mass is 28.3. The Hall–Kier alpha value is -2.02. The van der Waals surface area contributed by atoms with Crippen molar-refractivity contribution in [2.75, 3.05) is 7.11 Å². The van der Waals surface area contributed by atoms with Crippen LogP contribution in [0.25, 0.3) is 0 Å². The van der Waals surface area contributed by atoms with Crippen LogP contribution in [-0.2, 0) is 5.60 Å². The maximum Gasteiger partial charge on any atom is 0.179 e. The first-order valence-electron chi connectivity index (χ1n) is 7.32. The Morgan fingerprint density at radius 3 is 2.14 bits per heavy atom. The highest BCUT2D eigenvalue weighted by Gasteiger charge is 2.32. The molecule has 0 aliphatic rings. The maximum atomic E-state index is 11.4. The second-order valence-corrected chi connectivity index (χ2v) is 11.0. The number of hydrogen-bond donors (Lipinski definition) is 1. The largest absolute Gasteiger partial charge is 0.496 e.